The summed E-state index contributed by atoms with van der Waals surface area (Å²) in [6.45, 7) is 7.92. The summed E-state index contributed by atoms with van der Waals surface area (Å²) < 4.78 is 57.4. The van der Waals surface area contributed by atoms with E-state index in [9.17, 15) is 34.0 Å². The lowest BCUT2D eigenvalue weighted by Crippen LogP contribution is -2.39. The average molecular weight is 1030 g/mol. The molecule has 0 saturated carbocycles. The number of carboxylic acids is 1. The second-order valence-electron chi connectivity index (χ2n) is 18.4. The van der Waals surface area contributed by atoms with Crippen LogP contribution in [0.5, 0.6) is 5.75 Å². The number of fused-ring (bicyclic) bond motifs is 4. The van der Waals surface area contributed by atoms with Gasteiger partial charge in [-0.15, -0.1) is 0 Å². The van der Waals surface area contributed by atoms with Gasteiger partial charge in [-0.05, 0) is 102 Å². The molecule has 4 aromatic rings. The van der Waals surface area contributed by atoms with Gasteiger partial charge in [0, 0.05) is 40.9 Å². The Kier molecular flexibility index (Phi) is 15.1. The van der Waals surface area contributed by atoms with Gasteiger partial charge in [-0.25, -0.2) is 29.1 Å². The van der Waals surface area contributed by atoms with Crippen LogP contribution in [0.4, 0.5) is 16.3 Å². The second kappa shape index (κ2) is 21.1. The number of hydrogen-bond donors (Lipinski definition) is 7. The first kappa shape index (κ1) is 51.6. The van der Waals surface area contributed by atoms with E-state index in [2.05, 4.69) is 36.0 Å². The van der Waals surface area contributed by atoms with Crippen molar-refractivity contribution in [2.75, 3.05) is 37.4 Å². The number of unbranched alkanes of at least 4 members (excludes halogenated alkanes) is 3. The fourth-order valence-electron chi connectivity index (χ4n) is 8.31. The molecule has 72 heavy (non-hydrogen) atoms. The lowest BCUT2D eigenvalue weighted by Gasteiger charge is -2.26. The van der Waals surface area contributed by atoms with E-state index in [0.29, 0.717) is 71.2 Å². The Balaban J connectivity index is 0.850. The van der Waals surface area contributed by atoms with E-state index in [-0.39, 0.29) is 52.2 Å². The molecule has 3 aliphatic heterocycles. The highest BCUT2D eigenvalue weighted by Gasteiger charge is 2.56. The first-order chi connectivity index (χ1) is 34.2. The van der Waals surface area contributed by atoms with E-state index in [1.54, 1.807) is 63.5 Å². The number of imidazole rings is 1. The van der Waals surface area contributed by atoms with E-state index in [4.69, 9.17) is 50.4 Å². The summed E-state index contributed by atoms with van der Waals surface area (Å²) in [7, 11) is -4.41. The Hall–Kier alpha value is -6.79. The van der Waals surface area contributed by atoms with Crippen molar-refractivity contribution in [3.05, 3.63) is 83.0 Å². The van der Waals surface area contributed by atoms with Gasteiger partial charge >= 0.3 is 19.8 Å². The predicted octanol–water partition coefficient (Wildman–Crippen LogP) is 6.44. The minimum absolute atomic E-state index is 0.0395. The average Bonchev–Trinajstić information content (AvgIpc) is 3.98. The summed E-state index contributed by atoms with van der Waals surface area (Å²) in [6, 6.07) is 13.5. The first-order valence-corrected chi connectivity index (χ1v) is 24.8. The number of rotatable bonds is 18. The highest BCUT2D eigenvalue weighted by molar-refractivity contribution is 7.80. The molecule has 8 rings (SSSR count). The van der Waals surface area contributed by atoms with Crippen molar-refractivity contribution in [2.24, 2.45) is 0 Å². The fraction of sp³-hybridized carbons (Fsp3) is 0.404. The van der Waals surface area contributed by atoms with Crippen molar-refractivity contribution in [3.8, 4) is 28.2 Å². The molecule has 0 bridgehead atoms. The van der Waals surface area contributed by atoms with E-state index in [1.165, 1.54) is 43.0 Å². The third-order valence-electron chi connectivity index (χ3n) is 11.3. The number of aromatic carboxylic acids is 1. The van der Waals surface area contributed by atoms with Crippen LogP contribution in [-0.2, 0) is 37.4 Å². The fourth-order valence-corrected chi connectivity index (χ4v) is 9.84. The zero-order valence-electron chi connectivity index (χ0n) is 39.8. The van der Waals surface area contributed by atoms with Crippen LogP contribution in [-0.4, -0.2) is 109 Å². The lowest BCUT2D eigenvalue weighted by atomic mass is 9.90. The molecule has 25 heteroatoms. The zero-order valence-corrected chi connectivity index (χ0v) is 41.5. The maximum Gasteiger partial charge on any atom is 0.435 e. The molecule has 2 aromatic heterocycles. The van der Waals surface area contributed by atoms with Crippen LogP contribution < -0.4 is 32.2 Å². The number of nitrogens with zero attached hydrogens (tertiary/aromatic N) is 4. The molecular weight excluding hydrogens is 978 g/mol. The van der Waals surface area contributed by atoms with Crippen LogP contribution in [0.1, 0.15) is 76.9 Å². The number of hydrogen-bond acceptors (Lipinski definition) is 18. The van der Waals surface area contributed by atoms with Gasteiger partial charge in [-0.1, -0.05) is 18.9 Å². The Labute approximate surface area is 417 Å². The number of carbonyl (C=O) groups excluding carboxylic acids is 2. The molecule has 382 valence electrons. The maximum absolute atomic E-state index is 14.3. The summed E-state index contributed by atoms with van der Waals surface area (Å²) in [5.74, 6) is -2.73. The van der Waals surface area contributed by atoms with Crippen LogP contribution in [0.15, 0.2) is 76.5 Å². The number of alkyl carbamates (subject to hydrolysis) is 1. The summed E-state index contributed by atoms with van der Waals surface area (Å²) in [5.41, 5.74) is 7.71. The van der Waals surface area contributed by atoms with E-state index >= 15 is 0 Å². The number of anilines is 2. The van der Waals surface area contributed by atoms with Crippen molar-refractivity contribution in [2.45, 2.75) is 96.2 Å². The largest absolute Gasteiger partial charge is 0.508 e. The Morgan fingerprint density at radius 2 is 1.71 bits per heavy atom. The topological polar surface area (TPSA) is 312 Å². The number of ether oxygens (including phenoxy) is 4. The lowest BCUT2D eigenvalue weighted by molar-refractivity contribution is -0.199. The number of nitrogen functional groups attached to an aromatic ring is 1. The number of benzene rings is 3. The predicted molar refractivity (Wildman–Crippen MR) is 265 cm³/mol. The number of nitrogens with one attached hydrogen (secondary N) is 4. The van der Waals surface area contributed by atoms with Crippen LogP contribution >= 0.6 is 20.0 Å². The number of carbonyl (C=O) groups is 3. The van der Waals surface area contributed by atoms with Crippen molar-refractivity contribution in [3.63, 3.8) is 0 Å². The van der Waals surface area contributed by atoms with Gasteiger partial charge < -0.3 is 55.3 Å². The minimum Gasteiger partial charge on any atom is -0.508 e. The van der Waals surface area contributed by atoms with Crippen LogP contribution in [0, 0.1) is 0 Å². The second-order valence-corrected chi connectivity index (χ2v) is 20.5. The molecule has 2 aromatic carbocycles. The molecule has 8 N–H and O–H groups in total. The number of phenols is 1. The third-order valence-corrected chi connectivity index (χ3v) is 13.1. The van der Waals surface area contributed by atoms with Gasteiger partial charge in [0.05, 0.1) is 25.1 Å². The summed E-state index contributed by atoms with van der Waals surface area (Å²) >= 11 is 5.52. The Morgan fingerprint density at radius 1 is 0.944 bits per heavy atom. The van der Waals surface area contributed by atoms with Crippen LogP contribution in [0.2, 0.25) is 0 Å². The molecule has 1 unspecified atom stereocenters. The Morgan fingerprint density at radius 3 is 2.49 bits per heavy atom. The van der Waals surface area contributed by atoms with Crippen molar-refractivity contribution in [1.29, 1.82) is 0 Å². The number of carboxylic acid groups (broad SMARTS) is 1. The molecular formula is C47H54N9O14PS. The van der Waals surface area contributed by atoms with E-state index in [0.717, 1.165) is 0 Å². The number of thiocarbonyl (C=S) groups is 1. The van der Waals surface area contributed by atoms with Crippen molar-refractivity contribution >= 4 is 76.7 Å². The van der Waals surface area contributed by atoms with E-state index < -0.39 is 68.2 Å². The zero-order chi connectivity index (χ0) is 51.5. The highest BCUT2D eigenvalue weighted by Crippen LogP contribution is 2.48. The third kappa shape index (κ3) is 12.1. The summed E-state index contributed by atoms with van der Waals surface area (Å²) in [4.78, 5) is 62.9. The standard InChI is InChI=1S/C47H54N9O14PS/c1-46(2,3)70-45(62)50-21-35(59)55-71(63,65-22-34-38-39(69-47(4,5)68-38)42(67-34)56-24-53-37-40(48)51-23-52-41(37)56)64-17-9-7-6-8-16-49-44(72)54-25-10-13-28(31(18-25)43(60)61)36-29-14-11-26(57)19-32(29)66-33-20-27(58)12-15-30(33)36/h10-15,18-20,23-24,34,38-39,42,57H,6-9,16-17,21-22H2,1-5H3,(H,50,62)(H,60,61)(H2,48,51,52)(H2,49,54,72)(H,55,59,63)/t34-,38-,39-,42-,71?/m1/s1. The highest BCUT2D eigenvalue weighted by atomic mass is 32.1. The van der Waals surface area contributed by atoms with Gasteiger partial charge in [0.25, 0.3) is 0 Å². The van der Waals surface area contributed by atoms with Gasteiger partial charge in [-0.2, -0.15) is 0 Å². The molecule has 2 saturated heterocycles. The number of aromatic hydroxyl groups is 1. The maximum atomic E-state index is 14.3. The smallest absolute Gasteiger partial charge is 0.435 e. The molecule has 23 nitrogen and oxygen atoms in total. The molecule has 2 fully saturated rings. The van der Waals surface area contributed by atoms with Crippen molar-refractivity contribution in [1.82, 2.24) is 35.2 Å². The quantitative estimate of drug-likeness (QED) is 0.0211. The summed E-state index contributed by atoms with van der Waals surface area (Å²) in [5, 5.41) is 32.1. The molecule has 5 heterocycles. The van der Waals surface area contributed by atoms with Gasteiger partial charge in [-0.3, -0.25) is 28.3 Å². The molecule has 5 atom stereocenters. The molecule has 1 aliphatic carbocycles. The monoisotopic (exact) mass is 1030 g/mol. The van der Waals surface area contributed by atoms with Crippen LogP contribution in [0.3, 0.4) is 0 Å². The molecule has 0 radical (unpaired) electrons. The van der Waals surface area contributed by atoms with Gasteiger partial charge in [0.1, 0.15) is 59.4 Å². The molecule has 2 amide bonds. The van der Waals surface area contributed by atoms with Gasteiger partial charge in [0.15, 0.2) is 34.0 Å². The number of aromatic nitrogens is 4. The number of amides is 2. The van der Waals surface area contributed by atoms with E-state index in [1.807, 2.05) is 0 Å². The number of phenolic OH excluding ortho intramolecular Hbond substituents is 1. The molecule has 4 aliphatic rings. The minimum atomic E-state index is -4.41. The van der Waals surface area contributed by atoms with Crippen LogP contribution in [0.25, 0.3) is 44.6 Å². The summed E-state index contributed by atoms with van der Waals surface area (Å²) in [6.07, 6.45) is 1.25. The van der Waals surface area contributed by atoms with Crippen molar-refractivity contribution < 1.29 is 61.6 Å². The first-order valence-electron chi connectivity index (χ1n) is 22.9. The normalized spacial score (nSPS) is 19.2. The Bertz CT molecular complexity index is 3110. The van der Waals surface area contributed by atoms with Gasteiger partial charge in [0.2, 0.25) is 5.91 Å². The molecule has 0 spiro atoms. The SMILES string of the molecule is CC(C)(C)OC(=O)NCC(=O)NP(=O)(OCCCCCCNC(=S)Nc1ccc(-c2c3ccc(=O)cc-3oc3cc(O)ccc23)c(C(=O)O)c1)OC[C@H]1O[C@@H](n2cnc3c(N)ncnc32)[C@@H]2OC(C)(C)O[C@@H]21. The number of nitrogens with two attached hydrogens (primary N) is 1.